The van der Waals surface area contributed by atoms with Crippen LogP contribution >= 0.6 is 0 Å². The molecule has 0 aliphatic heterocycles. The van der Waals surface area contributed by atoms with E-state index in [4.69, 9.17) is 11.0 Å². The van der Waals surface area contributed by atoms with Gasteiger partial charge in [0.15, 0.2) is 0 Å². The maximum absolute atomic E-state index is 8.53. The minimum Gasteiger partial charge on any atom is -0.327 e. The van der Waals surface area contributed by atoms with Crippen LogP contribution in [0, 0.1) is 17.2 Å². The van der Waals surface area contributed by atoms with Crippen molar-refractivity contribution in [1.29, 1.82) is 5.26 Å². The molecule has 0 amide bonds. The van der Waals surface area contributed by atoms with Crippen LogP contribution in [0.1, 0.15) is 25.7 Å². The molecule has 2 heteroatoms. The molecule has 0 saturated heterocycles. The highest BCUT2D eigenvalue weighted by Crippen LogP contribution is 2.21. The lowest BCUT2D eigenvalue weighted by atomic mass is 9.86. The lowest BCUT2D eigenvalue weighted by Gasteiger charge is -2.22. The first-order valence-electron chi connectivity index (χ1n) is 3.50. The first kappa shape index (κ1) is 6.57. The van der Waals surface area contributed by atoms with Gasteiger partial charge in [-0.05, 0) is 12.8 Å². The summed E-state index contributed by atoms with van der Waals surface area (Å²) < 4.78 is 0. The number of hydrogen-bond donors (Lipinski definition) is 1. The Morgan fingerprint density at radius 2 is 2.00 bits per heavy atom. The highest BCUT2D eigenvalue weighted by atomic mass is 14.7. The van der Waals surface area contributed by atoms with Gasteiger partial charge in [-0.1, -0.05) is 12.8 Å². The summed E-state index contributed by atoms with van der Waals surface area (Å²) in [7, 11) is 0. The minimum absolute atomic E-state index is 0.138. The SMILES string of the molecule is N#C[C@H]1CCCC[C@@H]1N. The molecule has 0 heterocycles. The van der Waals surface area contributed by atoms with Gasteiger partial charge in [-0.3, -0.25) is 0 Å². The van der Waals surface area contributed by atoms with Crippen molar-refractivity contribution in [3.05, 3.63) is 0 Å². The Bertz CT molecular complexity index is 125. The molecule has 1 aliphatic carbocycles. The van der Waals surface area contributed by atoms with Crippen molar-refractivity contribution in [1.82, 2.24) is 0 Å². The van der Waals surface area contributed by atoms with Gasteiger partial charge in [0, 0.05) is 6.04 Å². The molecule has 2 nitrogen and oxygen atoms in total. The van der Waals surface area contributed by atoms with Gasteiger partial charge >= 0.3 is 0 Å². The molecule has 0 spiro atoms. The number of nitriles is 1. The van der Waals surface area contributed by atoms with Gasteiger partial charge in [-0.2, -0.15) is 5.26 Å². The Hall–Kier alpha value is -0.550. The smallest absolute Gasteiger partial charge is 0.0672 e. The van der Waals surface area contributed by atoms with Crippen LogP contribution in [0.25, 0.3) is 0 Å². The van der Waals surface area contributed by atoms with Crippen molar-refractivity contribution in [2.24, 2.45) is 11.7 Å². The van der Waals surface area contributed by atoms with E-state index in [0.717, 1.165) is 12.8 Å². The van der Waals surface area contributed by atoms with Crippen LogP contribution in [0.15, 0.2) is 0 Å². The highest BCUT2D eigenvalue weighted by molar-refractivity contribution is 4.92. The van der Waals surface area contributed by atoms with Gasteiger partial charge in [0.05, 0.1) is 12.0 Å². The fraction of sp³-hybridized carbons (Fsp3) is 0.857. The van der Waals surface area contributed by atoms with Crippen LogP contribution < -0.4 is 5.73 Å². The zero-order chi connectivity index (χ0) is 6.69. The Kier molecular flexibility index (Phi) is 2.07. The molecule has 1 saturated carbocycles. The van der Waals surface area contributed by atoms with E-state index < -0.39 is 0 Å². The molecule has 0 unspecified atom stereocenters. The summed E-state index contributed by atoms with van der Waals surface area (Å²) in [5, 5.41) is 8.53. The Morgan fingerprint density at radius 1 is 1.33 bits per heavy atom. The van der Waals surface area contributed by atoms with Gasteiger partial charge in [-0.25, -0.2) is 0 Å². The minimum atomic E-state index is 0.138. The predicted octanol–water partition coefficient (Wildman–Crippen LogP) is 1.03. The van der Waals surface area contributed by atoms with Crippen molar-refractivity contribution in [3.8, 4) is 6.07 Å². The monoisotopic (exact) mass is 124 g/mol. The van der Waals surface area contributed by atoms with E-state index in [-0.39, 0.29) is 12.0 Å². The fourth-order valence-corrected chi connectivity index (χ4v) is 1.32. The fourth-order valence-electron chi connectivity index (χ4n) is 1.32. The molecule has 2 atom stereocenters. The maximum atomic E-state index is 8.53. The molecule has 1 rings (SSSR count). The summed E-state index contributed by atoms with van der Waals surface area (Å²) in [5.74, 6) is 0.138. The summed E-state index contributed by atoms with van der Waals surface area (Å²) in [4.78, 5) is 0. The molecule has 2 N–H and O–H groups in total. The Morgan fingerprint density at radius 3 is 2.44 bits per heavy atom. The molecular weight excluding hydrogens is 112 g/mol. The zero-order valence-corrected chi connectivity index (χ0v) is 5.51. The zero-order valence-electron chi connectivity index (χ0n) is 5.51. The number of hydrogen-bond acceptors (Lipinski definition) is 2. The van der Waals surface area contributed by atoms with E-state index in [1.807, 2.05) is 0 Å². The standard InChI is InChI=1S/C7H12N2/c8-5-6-3-1-2-4-7(6)9/h6-7H,1-4,9H2/t6-,7+/m1/s1. The molecule has 1 fully saturated rings. The number of nitrogens with two attached hydrogens (primary N) is 1. The molecule has 9 heavy (non-hydrogen) atoms. The quantitative estimate of drug-likeness (QED) is 0.524. The van der Waals surface area contributed by atoms with E-state index in [1.165, 1.54) is 12.8 Å². The van der Waals surface area contributed by atoms with Crippen LogP contribution in [0.3, 0.4) is 0 Å². The highest BCUT2D eigenvalue weighted by Gasteiger charge is 2.20. The van der Waals surface area contributed by atoms with Gasteiger partial charge in [0.2, 0.25) is 0 Å². The third-order valence-corrected chi connectivity index (χ3v) is 1.99. The average molecular weight is 124 g/mol. The third kappa shape index (κ3) is 1.43. The van der Waals surface area contributed by atoms with Gasteiger partial charge in [-0.15, -0.1) is 0 Å². The number of rotatable bonds is 0. The van der Waals surface area contributed by atoms with Crippen molar-refractivity contribution in [2.45, 2.75) is 31.7 Å². The second-order valence-corrected chi connectivity index (χ2v) is 2.68. The average Bonchev–Trinajstić information content (AvgIpc) is 1.89. The molecular formula is C7H12N2. The van der Waals surface area contributed by atoms with Crippen LogP contribution in [0.4, 0.5) is 0 Å². The van der Waals surface area contributed by atoms with E-state index >= 15 is 0 Å². The van der Waals surface area contributed by atoms with E-state index in [2.05, 4.69) is 6.07 Å². The van der Waals surface area contributed by atoms with Crippen LogP contribution in [0.5, 0.6) is 0 Å². The molecule has 1 aliphatic rings. The van der Waals surface area contributed by atoms with Gasteiger partial charge < -0.3 is 5.73 Å². The summed E-state index contributed by atoms with van der Waals surface area (Å²) >= 11 is 0. The van der Waals surface area contributed by atoms with Crippen LogP contribution in [0.2, 0.25) is 0 Å². The predicted molar refractivity (Wildman–Crippen MR) is 35.5 cm³/mol. The molecule has 0 aromatic heterocycles. The summed E-state index contributed by atoms with van der Waals surface area (Å²) in [5.41, 5.74) is 5.67. The normalized spacial score (nSPS) is 35.6. The first-order chi connectivity index (χ1) is 4.34. The Balaban J connectivity index is 2.41. The largest absolute Gasteiger partial charge is 0.327 e. The lowest BCUT2D eigenvalue weighted by molar-refractivity contribution is 0.369. The summed E-state index contributed by atoms with van der Waals surface area (Å²) in [6, 6.07) is 2.38. The topological polar surface area (TPSA) is 49.8 Å². The van der Waals surface area contributed by atoms with Crippen molar-refractivity contribution >= 4 is 0 Å². The summed E-state index contributed by atoms with van der Waals surface area (Å²) in [6.45, 7) is 0. The third-order valence-electron chi connectivity index (χ3n) is 1.99. The van der Waals surface area contributed by atoms with Gasteiger partial charge in [0.25, 0.3) is 0 Å². The van der Waals surface area contributed by atoms with E-state index in [0.29, 0.717) is 0 Å². The number of nitrogens with zero attached hydrogens (tertiary/aromatic N) is 1. The molecule has 0 bridgehead atoms. The Labute approximate surface area is 55.7 Å². The van der Waals surface area contributed by atoms with Crippen molar-refractivity contribution in [3.63, 3.8) is 0 Å². The van der Waals surface area contributed by atoms with Crippen LogP contribution in [-0.4, -0.2) is 6.04 Å². The van der Waals surface area contributed by atoms with Crippen molar-refractivity contribution in [2.75, 3.05) is 0 Å². The second-order valence-electron chi connectivity index (χ2n) is 2.68. The first-order valence-corrected chi connectivity index (χ1v) is 3.50. The molecule has 50 valence electrons. The molecule has 0 aromatic rings. The van der Waals surface area contributed by atoms with E-state index in [1.54, 1.807) is 0 Å². The second kappa shape index (κ2) is 2.84. The van der Waals surface area contributed by atoms with Crippen molar-refractivity contribution < 1.29 is 0 Å². The maximum Gasteiger partial charge on any atom is 0.0672 e. The van der Waals surface area contributed by atoms with Crippen LogP contribution in [-0.2, 0) is 0 Å². The lowest BCUT2D eigenvalue weighted by Crippen LogP contribution is -2.31. The van der Waals surface area contributed by atoms with E-state index in [9.17, 15) is 0 Å². The van der Waals surface area contributed by atoms with Gasteiger partial charge in [0.1, 0.15) is 0 Å². The molecule has 0 aromatic carbocycles. The summed E-state index contributed by atoms with van der Waals surface area (Å²) in [6.07, 6.45) is 4.45. The molecule has 0 radical (unpaired) electrons.